The first-order valence-electron chi connectivity index (χ1n) is 4.92. The zero-order valence-corrected chi connectivity index (χ0v) is 8.35. The summed E-state index contributed by atoms with van der Waals surface area (Å²) in [4.78, 5) is 0. The van der Waals surface area contributed by atoms with Crippen molar-refractivity contribution in [3.05, 3.63) is 0 Å². The molecule has 2 N–H and O–H groups in total. The molecule has 0 amide bonds. The SMILES string of the molecule is O[C@H]1[C@@H]2CCO[C@H]3OC[C@@](O)([C@@H]32)[C@@H]1Cl. The second-order valence-electron chi connectivity index (χ2n) is 4.41. The molecular weight excluding hydrogens is 208 g/mol. The van der Waals surface area contributed by atoms with E-state index in [1.807, 2.05) is 0 Å². The minimum Gasteiger partial charge on any atom is -0.391 e. The van der Waals surface area contributed by atoms with E-state index in [2.05, 4.69) is 0 Å². The number of aliphatic hydroxyl groups is 2. The Labute approximate surface area is 86.8 Å². The van der Waals surface area contributed by atoms with E-state index in [0.29, 0.717) is 6.61 Å². The highest BCUT2D eigenvalue weighted by Gasteiger charge is 2.66. The summed E-state index contributed by atoms with van der Waals surface area (Å²) in [6.07, 6.45) is -0.267. The van der Waals surface area contributed by atoms with Crippen molar-refractivity contribution >= 4 is 11.6 Å². The van der Waals surface area contributed by atoms with E-state index < -0.39 is 17.1 Å². The third-order valence-electron chi connectivity index (χ3n) is 3.76. The van der Waals surface area contributed by atoms with Crippen molar-refractivity contribution in [2.45, 2.75) is 29.8 Å². The number of hydrogen-bond acceptors (Lipinski definition) is 4. The standard InChI is InChI=1S/C9H13ClO4/c10-7-6(11)4-1-2-13-8-5(4)9(7,12)3-14-8/h4-8,11-12H,1-3H2/t4-,5-,6+,7-,8+,9-/m1/s1. The number of hydrogen-bond donors (Lipinski definition) is 2. The average Bonchev–Trinajstić information content (AvgIpc) is 2.63. The number of alkyl halides is 1. The molecule has 2 aliphatic heterocycles. The molecule has 2 saturated heterocycles. The predicted molar refractivity (Wildman–Crippen MR) is 47.9 cm³/mol. The summed E-state index contributed by atoms with van der Waals surface area (Å²) < 4.78 is 10.7. The lowest BCUT2D eigenvalue weighted by atomic mass is 9.84. The van der Waals surface area contributed by atoms with Crippen LogP contribution >= 0.6 is 11.6 Å². The first kappa shape index (κ1) is 9.36. The maximum atomic E-state index is 10.3. The zero-order chi connectivity index (χ0) is 9.92. The number of halogens is 1. The van der Waals surface area contributed by atoms with Crippen LogP contribution in [0.5, 0.6) is 0 Å². The Kier molecular flexibility index (Phi) is 1.89. The monoisotopic (exact) mass is 220 g/mol. The lowest BCUT2D eigenvalue weighted by Gasteiger charge is -2.32. The molecule has 3 rings (SSSR count). The first-order valence-corrected chi connectivity index (χ1v) is 5.36. The van der Waals surface area contributed by atoms with Gasteiger partial charge >= 0.3 is 0 Å². The van der Waals surface area contributed by atoms with Gasteiger partial charge in [0, 0.05) is 5.92 Å². The maximum Gasteiger partial charge on any atom is 0.163 e. The largest absolute Gasteiger partial charge is 0.391 e. The summed E-state index contributed by atoms with van der Waals surface area (Å²) in [5.74, 6) is -0.141. The normalized spacial score (nSPS) is 61.5. The molecule has 2 heterocycles. The third-order valence-corrected chi connectivity index (χ3v) is 4.40. The van der Waals surface area contributed by atoms with Crippen LogP contribution in [0.15, 0.2) is 0 Å². The van der Waals surface area contributed by atoms with E-state index in [9.17, 15) is 10.2 Å². The second-order valence-corrected chi connectivity index (χ2v) is 4.88. The molecule has 3 fully saturated rings. The van der Waals surface area contributed by atoms with Gasteiger partial charge in [0.25, 0.3) is 0 Å². The molecule has 5 heteroatoms. The lowest BCUT2D eigenvalue weighted by molar-refractivity contribution is -0.174. The van der Waals surface area contributed by atoms with E-state index >= 15 is 0 Å². The molecule has 1 aliphatic carbocycles. The van der Waals surface area contributed by atoms with Gasteiger partial charge in [-0.15, -0.1) is 11.6 Å². The van der Waals surface area contributed by atoms with Crippen LogP contribution in [0.1, 0.15) is 6.42 Å². The summed E-state index contributed by atoms with van der Waals surface area (Å²) in [7, 11) is 0. The van der Waals surface area contributed by atoms with Crippen LogP contribution in [0.2, 0.25) is 0 Å². The molecule has 0 unspecified atom stereocenters. The lowest BCUT2D eigenvalue weighted by Crippen LogP contribution is -2.44. The van der Waals surface area contributed by atoms with Crippen molar-refractivity contribution in [3.63, 3.8) is 0 Å². The molecule has 4 nitrogen and oxygen atoms in total. The van der Waals surface area contributed by atoms with Crippen molar-refractivity contribution in [1.29, 1.82) is 0 Å². The fraction of sp³-hybridized carbons (Fsp3) is 1.00. The van der Waals surface area contributed by atoms with Gasteiger partial charge in [-0.25, -0.2) is 0 Å². The van der Waals surface area contributed by atoms with Gasteiger partial charge in [0.15, 0.2) is 6.29 Å². The molecule has 0 aromatic rings. The van der Waals surface area contributed by atoms with Crippen LogP contribution in [0, 0.1) is 11.8 Å². The fourth-order valence-corrected chi connectivity index (χ4v) is 3.43. The highest BCUT2D eigenvalue weighted by Crippen LogP contribution is 2.53. The zero-order valence-electron chi connectivity index (χ0n) is 7.60. The Morgan fingerprint density at radius 3 is 2.93 bits per heavy atom. The van der Waals surface area contributed by atoms with Crippen molar-refractivity contribution in [1.82, 2.24) is 0 Å². The summed E-state index contributed by atoms with van der Waals surface area (Å²) in [6, 6.07) is 0. The predicted octanol–water partition coefficient (Wildman–Crippen LogP) is -0.292. The molecule has 3 aliphatic rings. The Balaban J connectivity index is 2.00. The molecule has 0 aromatic heterocycles. The first-order chi connectivity index (χ1) is 6.64. The van der Waals surface area contributed by atoms with Gasteiger partial charge < -0.3 is 19.7 Å². The van der Waals surface area contributed by atoms with Gasteiger partial charge in [-0.1, -0.05) is 0 Å². The van der Waals surface area contributed by atoms with Crippen molar-refractivity contribution < 1.29 is 19.7 Å². The average molecular weight is 221 g/mol. The molecular formula is C9H13ClO4. The summed E-state index contributed by atoms with van der Waals surface area (Å²) >= 11 is 6.04. The minimum atomic E-state index is -1.10. The molecule has 14 heavy (non-hydrogen) atoms. The van der Waals surface area contributed by atoms with Crippen molar-refractivity contribution in [2.75, 3.05) is 13.2 Å². The van der Waals surface area contributed by atoms with Crippen LogP contribution in [0.25, 0.3) is 0 Å². The Morgan fingerprint density at radius 2 is 2.14 bits per heavy atom. The van der Waals surface area contributed by atoms with Crippen LogP contribution in [-0.2, 0) is 9.47 Å². The molecule has 0 spiro atoms. The Hall–Kier alpha value is 0.130. The molecule has 0 bridgehead atoms. The minimum absolute atomic E-state index is 0.0174. The van der Waals surface area contributed by atoms with Crippen LogP contribution in [-0.4, -0.2) is 46.8 Å². The molecule has 0 aromatic carbocycles. The van der Waals surface area contributed by atoms with E-state index in [1.54, 1.807) is 0 Å². The van der Waals surface area contributed by atoms with E-state index in [-0.39, 0.29) is 24.7 Å². The summed E-state index contributed by atoms with van der Waals surface area (Å²) in [6.45, 7) is 0.743. The molecule has 6 atom stereocenters. The van der Waals surface area contributed by atoms with Crippen LogP contribution < -0.4 is 0 Å². The quantitative estimate of drug-likeness (QED) is 0.551. The van der Waals surface area contributed by atoms with Gasteiger partial charge in [0.05, 0.1) is 24.7 Å². The Morgan fingerprint density at radius 1 is 1.36 bits per heavy atom. The van der Waals surface area contributed by atoms with Gasteiger partial charge in [-0.05, 0) is 12.3 Å². The van der Waals surface area contributed by atoms with Crippen LogP contribution in [0.3, 0.4) is 0 Å². The van der Waals surface area contributed by atoms with Gasteiger partial charge in [-0.2, -0.15) is 0 Å². The third kappa shape index (κ3) is 0.933. The summed E-state index contributed by atoms with van der Waals surface area (Å²) in [5, 5.41) is 19.5. The number of aliphatic hydroxyl groups excluding tert-OH is 1. The highest BCUT2D eigenvalue weighted by molar-refractivity contribution is 6.22. The number of ether oxygens (including phenoxy) is 2. The topological polar surface area (TPSA) is 58.9 Å². The molecule has 80 valence electrons. The maximum absolute atomic E-state index is 10.3. The van der Waals surface area contributed by atoms with Crippen LogP contribution in [0.4, 0.5) is 0 Å². The van der Waals surface area contributed by atoms with E-state index in [1.165, 1.54) is 0 Å². The second kappa shape index (κ2) is 2.83. The fourth-order valence-electron chi connectivity index (χ4n) is 3.03. The van der Waals surface area contributed by atoms with Crippen molar-refractivity contribution in [3.8, 4) is 0 Å². The molecule has 0 radical (unpaired) electrons. The molecule has 1 saturated carbocycles. The van der Waals surface area contributed by atoms with E-state index in [0.717, 1.165) is 6.42 Å². The summed E-state index contributed by atoms with van der Waals surface area (Å²) in [5.41, 5.74) is -1.10. The Bertz CT molecular complexity index is 261. The van der Waals surface area contributed by atoms with Crippen molar-refractivity contribution in [2.24, 2.45) is 11.8 Å². The van der Waals surface area contributed by atoms with Gasteiger partial charge in [0.1, 0.15) is 5.60 Å². The van der Waals surface area contributed by atoms with Gasteiger partial charge in [0.2, 0.25) is 0 Å². The number of rotatable bonds is 0. The van der Waals surface area contributed by atoms with E-state index in [4.69, 9.17) is 21.1 Å². The smallest absolute Gasteiger partial charge is 0.163 e. The highest BCUT2D eigenvalue weighted by atomic mass is 35.5. The van der Waals surface area contributed by atoms with Gasteiger partial charge in [-0.3, -0.25) is 0 Å².